The van der Waals surface area contributed by atoms with Crippen molar-refractivity contribution in [2.45, 2.75) is 0 Å². The van der Waals surface area contributed by atoms with Crippen LogP contribution < -0.4 is 0 Å². The summed E-state index contributed by atoms with van der Waals surface area (Å²) >= 11 is 0. The molecule has 0 fully saturated rings. The van der Waals surface area contributed by atoms with Crippen LogP contribution in [-0.4, -0.2) is 15.0 Å². The Balaban J connectivity index is 1.24. The zero-order valence-corrected chi connectivity index (χ0v) is 23.9. The Bertz CT molecular complexity index is 2250. The predicted octanol–water partition coefficient (Wildman–Crippen LogP) is 10.5. The van der Waals surface area contributed by atoms with E-state index in [1.54, 1.807) is 0 Å². The monoisotopic (exact) mass is 561 g/mol. The molecule has 1 aromatic heterocycles. The molecule has 0 aliphatic carbocycles. The van der Waals surface area contributed by atoms with Gasteiger partial charge in [0.25, 0.3) is 0 Å². The van der Waals surface area contributed by atoms with E-state index < -0.39 is 0 Å². The second kappa shape index (κ2) is 11.0. The first-order valence-electron chi connectivity index (χ1n) is 14.8. The minimum atomic E-state index is 0.651. The van der Waals surface area contributed by atoms with Crippen molar-refractivity contribution < 1.29 is 0 Å². The molecule has 0 atom stereocenters. The Hall–Kier alpha value is -5.93. The first-order chi connectivity index (χ1) is 21.8. The molecular weight excluding hydrogens is 534 g/mol. The summed E-state index contributed by atoms with van der Waals surface area (Å²) in [5.41, 5.74) is 7.61. The van der Waals surface area contributed by atoms with Gasteiger partial charge >= 0.3 is 0 Å². The molecule has 0 radical (unpaired) electrons. The lowest BCUT2D eigenvalue weighted by Crippen LogP contribution is -2.00. The van der Waals surface area contributed by atoms with E-state index in [0.717, 1.165) is 27.6 Å². The number of hydrogen-bond donors (Lipinski definition) is 0. The molecule has 0 aliphatic rings. The first-order valence-corrected chi connectivity index (χ1v) is 14.8. The fourth-order valence-corrected chi connectivity index (χ4v) is 5.82. The Kier molecular flexibility index (Phi) is 6.47. The molecule has 0 unspecified atom stereocenters. The molecule has 8 rings (SSSR count). The van der Waals surface area contributed by atoms with E-state index >= 15 is 0 Å². The lowest BCUT2D eigenvalue weighted by molar-refractivity contribution is 1.07. The van der Waals surface area contributed by atoms with Gasteiger partial charge in [0, 0.05) is 16.7 Å². The zero-order chi connectivity index (χ0) is 29.3. The van der Waals surface area contributed by atoms with E-state index in [0.29, 0.717) is 17.5 Å². The van der Waals surface area contributed by atoms with Gasteiger partial charge in [-0.05, 0) is 55.9 Å². The fraction of sp³-hybridized carbons (Fsp3) is 0. The van der Waals surface area contributed by atoms with Crippen molar-refractivity contribution in [2.24, 2.45) is 0 Å². The van der Waals surface area contributed by atoms with Crippen molar-refractivity contribution in [2.75, 3.05) is 0 Å². The number of hydrogen-bond acceptors (Lipinski definition) is 3. The van der Waals surface area contributed by atoms with Gasteiger partial charge in [0.2, 0.25) is 0 Å². The van der Waals surface area contributed by atoms with Crippen molar-refractivity contribution in [3.63, 3.8) is 0 Å². The molecular formula is C41H27N3. The standard InChI is InChI=1S/C41H27N3/c1-3-10-28(11-4-1)29-18-22-33(23-19-29)40-42-39(32-13-5-2-6-14-32)43-41(44-40)35-25-21-30-20-24-34(26-36(30)27-35)38-17-9-15-31-12-7-8-16-37(31)38/h1-27H. The molecule has 0 spiro atoms. The van der Waals surface area contributed by atoms with Gasteiger partial charge in [0.05, 0.1) is 0 Å². The Morgan fingerprint density at radius 1 is 0.273 bits per heavy atom. The SMILES string of the molecule is c1ccc(-c2ccc(-c3nc(-c4ccccc4)nc(-c4ccc5ccc(-c6cccc7ccccc67)cc5c4)n3)cc2)cc1. The molecule has 3 nitrogen and oxygen atoms in total. The Labute approximate surface area is 256 Å². The largest absolute Gasteiger partial charge is 0.208 e. The van der Waals surface area contributed by atoms with E-state index in [9.17, 15) is 0 Å². The summed E-state index contributed by atoms with van der Waals surface area (Å²) in [6.07, 6.45) is 0. The van der Waals surface area contributed by atoms with Crippen LogP contribution >= 0.6 is 0 Å². The van der Waals surface area contributed by atoms with Crippen molar-refractivity contribution in [1.29, 1.82) is 0 Å². The van der Waals surface area contributed by atoms with Crippen LogP contribution in [0, 0.1) is 0 Å². The second-order valence-electron chi connectivity index (χ2n) is 10.9. The lowest BCUT2D eigenvalue weighted by atomic mass is 9.95. The summed E-state index contributed by atoms with van der Waals surface area (Å²) in [6.45, 7) is 0. The van der Waals surface area contributed by atoms with Crippen molar-refractivity contribution in [3.8, 4) is 56.4 Å². The highest BCUT2D eigenvalue weighted by Gasteiger charge is 2.13. The van der Waals surface area contributed by atoms with E-state index in [-0.39, 0.29) is 0 Å². The number of fused-ring (bicyclic) bond motifs is 2. The van der Waals surface area contributed by atoms with Crippen molar-refractivity contribution in [3.05, 3.63) is 164 Å². The molecule has 3 heteroatoms. The predicted molar refractivity (Wildman–Crippen MR) is 182 cm³/mol. The summed E-state index contributed by atoms with van der Waals surface area (Å²) < 4.78 is 0. The van der Waals surface area contributed by atoms with Gasteiger partial charge in [-0.3, -0.25) is 0 Å². The minimum absolute atomic E-state index is 0.651. The average molecular weight is 562 g/mol. The highest BCUT2D eigenvalue weighted by molar-refractivity contribution is 5.99. The average Bonchev–Trinajstić information content (AvgIpc) is 3.11. The van der Waals surface area contributed by atoms with Crippen LogP contribution in [0.5, 0.6) is 0 Å². The van der Waals surface area contributed by atoms with Gasteiger partial charge in [-0.25, -0.2) is 15.0 Å². The molecule has 206 valence electrons. The summed E-state index contributed by atoms with van der Waals surface area (Å²) in [5.74, 6) is 1.96. The second-order valence-corrected chi connectivity index (χ2v) is 10.9. The van der Waals surface area contributed by atoms with E-state index in [2.05, 4.69) is 127 Å². The van der Waals surface area contributed by atoms with E-state index in [4.69, 9.17) is 15.0 Å². The third kappa shape index (κ3) is 4.91. The molecule has 7 aromatic carbocycles. The Morgan fingerprint density at radius 3 is 1.48 bits per heavy atom. The van der Waals surface area contributed by atoms with Crippen LogP contribution in [0.1, 0.15) is 0 Å². The van der Waals surface area contributed by atoms with Crippen LogP contribution in [0.25, 0.3) is 78.0 Å². The van der Waals surface area contributed by atoms with Gasteiger partial charge in [0.15, 0.2) is 17.5 Å². The summed E-state index contributed by atoms with van der Waals surface area (Å²) in [5, 5.41) is 4.80. The highest BCUT2D eigenvalue weighted by atomic mass is 15.0. The molecule has 0 saturated carbocycles. The van der Waals surface area contributed by atoms with Gasteiger partial charge in [0.1, 0.15) is 0 Å². The van der Waals surface area contributed by atoms with Crippen LogP contribution in [0.2, 0.25) is 0 Å². The maximum Gasteiger partial charge on any atom is 0.164 e. The van der Waals surface area contributed by atoms with Gasteiger partial charge in [-0.15, -0.1) is 0 Å². The molecule has 44 heavy (non-hydrogen) atoms. The van der Waals surface area contributed by atoms with E-state index in [1.807, 2.05) is 36.4 Å². The number of rotatable bonds is 5. The Morgan fingerprint density at radius 2 is 0.750 bits per heavy atom. The summed E-state index contributed by atoms with van der Waals surface area (Å²) in [7, 11) is 0. The molecule has 1 heterocycles. The third-order valence-electron chi connectivity index (χ3n) is 8.12. The van der Waals surface area contributed by atoms with Crippen LogP contribution in [0.4, 0.5) is 0 Å². The minimum Gasteiger partial charge on any atom is -0.208 e. The van der Waals surface area contributed by atoms with Crippen LogP contribution in [0.15, 0.2) is 164 Å². The highest BCUT2D eigenvalue weighted by Crippen LogP contribution is 2.33. The van der Waals surface area contributed by atoms with Gasteiger partial charge in [-0.1, -0.05) is 152 Å². The van der Waals surface area contributed by atoms with Crippen molar-refractivity contribution >= 4 is 21.5 Å². The van der Waals surface area contributed by atoms with Gasteiger partial charge < -0.3 is 0 Å². The molecule has 0 saturated heterocycles. The topological polar surface area (TPSA) is 38.7 Å². The molecule has 8 aromatic rings. The molecule has 0 N–H and O–H groups in total. The fourth-order valence-electron chi connectivity index (χ4n) is 5.82. The lowest BCUT2D eigenvalue weighted by Gasteiger charge is -2.11. The maximum absolute atomic E-state index is 5.01. The van der Waals surface area contributed by atoms with Crippen molar-refractivity contribution in [1.82, 2.24) is 15.0 Å². The summed E-state index contributed by atoms with van der Waals surface area (Å²) in [6, 6.07) is 57.1. The molecule has 0 amide bonds. The third-order valence-corrected chi connectivity index (χ3v) is 8.12. The first kappa shape index (κ1) is 25.8. The zero-order valence-electron chi connectivity index (χ0n) is 23.9. The number of benzene rings is 7. The smallest absolute Gasteiger partial charge is 0.164 e. The molecule has 0 aliphatic heterocycles. The number of nitrogens with zero attached hydrogens (tertiary/aromatic N) is 3. The maximum atomic E-state index is 5.01. The van der Waals surface area contributed by atoms with Crippen LogP contribution in [-0.2, 0) is 0 Å². The van der Waals surface area contributed by atoms with E-state index in [1.165, 1.54) is 32.8 Å². The van der Waals surface area contributed by atoms with Crippen LogP contribution in [0.3, 0.4) is 0 Å². The quantitative estimate of drug-likeness (QED) is 0.210. The summed E-state index contributed by atoms with van der Waals surface area (Å²) in [4.78, 5) is 14.9. The normalized spacial score (nSPS) is 11.2. The molecule has 0 bridgehead atoms. The van der Waals surface area contributed by atoms with Gasteiger partial charge in [-0.2, -0.15) is 0 Å². The number of aromatic nitrogens is 3.